The largest absolute Gasteiger partial charge is 0.481 e. The zero-order valence-electron chi connectivity index (χ0n) is 6.79. The van der Waals surface area contributed by atoms with Crippen molar-refractivity contribution in [2.24, 2.45) is 5.84 Å². The number of para-hydroxylation sites is 1. The van der Waals surface area contributed by atoms with Crippen molar-refractivity contribution in [1.82, 2.24) is 5.43 Å². The molecule has 1 aromatic carbocycles. The van der Waals surface area contributed by atoms with Gasteiger partial charge in [-0.1, -0.05) is 12.1 Å². The molecule has 0 heterocycles. The molecule has 0 spiro atoms. The minimum atomic E-state index is -0.511. The molecule has 0 aliphatic carbocycles. The number of hydrazine groups is 1. The molecule has 0 bridgehead atoms. The van der Waals surface area contributed by atoms with Crippen LogP contribution in [-0.4, -0.2) is 12.5 Å². The maximum atomic E-state index is 12.9. The van der Waals surface area contributed by atoms with Crippen molar-refractivity contribution in [3.05, 3.63) is 30.1 Å². The summed E-state index contributed by atoms with van der Waals surface area (Å²) in [6.45, 7) is -0.294. The molecule has 0 fully saturated rings. The first-order chi connectivity index (χ1) is 6.24. The number of halogens is 1. The van der Waals surface area contributed by atoms with Crippen LogP contribution in [0.1, 0.15) is 0 Å². The van der Waals surface area contributed by atoms with E-state index in [1.54, 1.807) is 6.07 Å². The van der Waals surface area contributed by atoms with E-state index in [1.165, 1.54) is 18.2 Å². The van der Waals surface area contributed by atoms with E-state index in [4.69, 9.17) is 10.6 Å². The number of hydrogen-bond donors (Lipinski definition) is 2. The van der Waals surface area contributed by atoms with Crippen molar-refractivity contribution in [2.45, 2.75) is 0 Å². The number of rotatable bonds is 3. The first-order valence-corrected chi connectivity index (χ1v) is 3.61. The molecule has 5 heteroatoms. The number of nitrogens with one attached hydrogen (secondary N) is 1. The fourth-order valence-electron chi connectivity index (χ4n) is 0.747. The fraction of sp³-hybridized carbons (Fsp3) is 0.125. The van der Waals surface area contributed by atoms with Gasteiger partial charge in [-0.15, -0.1) is 0 Å². The number of ether oxygens (including phenoxy) is 1. The summed E-state index contributed by atoms with van der Waals surface area (Å²) in [5.41, 5.74) is 1.87. The van der Waals surface area contributed by atoms with E-state index in [0.717, 1.165) is 0 Å². The van der Waals surface area contributed by atoms with Gasteiger partial charge in [0.25, 0.3) is 5.91 Å². The van der Waals surface area contributed by atoms with Crippen LogP contribution in [0.15, 0.2) is 24.3 Å². The third kappa shape index (κ3) is 2.72. The Morgan fingerprint density at radius 2 is 2.23 bits per heavy atom. The highest BCUT2D eigenvalue weighted by Gasteiger charge is 2.03. The molecule has 1 aromatic rings. The van der Waals surface area contributed by atoms with E-state index in [0.29, 0.717) is 0 Å². The number of carbonyl (C=O) groups is 1. The van der Waals surface area contributed by atoms with Gasteiger partial charge in [0.2, 0.25) is 0 Å². The Balaban J connectivity index is 2.54. The second-order valence-electron chi connectivity index (χ2n) is 2.29. The van der Waals surface area contributed by atoms with Crippen LogP contribution in [0.3, 0.4) is 0 Å². The highest BCUT2D eigenvalue weighted by molar-refractivity contribution is 5.76. The van der Waals surface area contributed by atoms with Crippen LogP contribution < -0.4 is 16.0 Å². The Labute approximate surface area is 74.5 Å². The highest BCUT2D eigenvalue weighted by Crippen LogP contribution is 2.14. The Hall–Kier alpha value is -1.62. The van der Waals surface area contributed by atoms with Crippen molar-refractivity contribution in [2.75, 3.05) is 6.61 Å². The molecule has 0 saturated heterocycles. The molecule has 0 aromatic heterocycles. The van der Waals surface area contributed by atoms with E-state index < -0.39 is 11.7 Å². The van der Waals surface area contributed by atoms with Gasteiger partial charge in [0, 0.05) is 0 Å². The molecule has 0 radical (unpaired) electrons. The summed E-state index contributed by atoms with van der Waals surface area (Å²) in [5.74, 6) is 3.82. The van der Waals surface area contributed by atoms with Crippen LogP contribution in [0.4, 0.5) is 4.39 Å². The topological polar surface area (TPSA) is 64.3 Å². The van der Waals surface area contributed by atoms with Gasteiger partial charge >= 0.3 is 0 Å². The zero-order valence-corrected chi connectivity index (χ0v) is 6.79. The van der Waals surface area contributed by atoms with Gasteiger partial charge in [-0.25, -0.2) is 10.2 Å². The molecular formula is C8H9FN2O2. The molecule has 4 nitrogen and oxygen atoms in total. The minimum absolute atomic E-state index is 0.0334. The van der Waals surface area contributed by atoms with Crippen LogP contribution in [0, 0.1) is 5.82 Å². The molecule has 13 heavy (non-hydrogen) atoms. The predicted octanol–water partition coefficient (Wildman–Crippen LogP) is 0.194. The van der Waals surface area contributed by atoms with Crippen LogP contribution in [0.25, 0.3) is 0 Å². The van der Waals surface area contributed by atoms with Gasteiger partial charge in [-0.05, 0) is 12.1 Å². The number of nitrogens with two attached hydrogens (primary N) is 1. The summed E-state index contributed by atoms with van der Waals surface area (Å²) in [4.78, 5) is 10.6. The lowest BCUT2D eigenvalue weighted by atomic mass is 10.3. The Morgan fingerprint density at radius 3 is 2.85 bits per heavy atom. The second kappa shape index (κ2) is 4.42. The smallest absolute Gasteiger partial charge is 0.271 e. The predicted molar refractivity (Wildman–Crippen MR) is 44.2 cm³/mol. The van der Waals surface area contributed by atoms with E-state index in [2.05, 4.69) is 0 Å². The van der Waals surface area contributed by atoms with Crippen molar-refractivity contribution >= 4 is 5.91 Å². The minimum Gasteiger partial charge on any atom is -0.481 e. The first kappa shape index (κ1) is 9.47. The quantitative estimate of drug-likeness (QED) is 0.400. The summed E-state index contributed by atoms with van der Waals surface area (Å²) in [7, 11) is 0. The molecule has 0 atom stereocenters. The van der Waals surface area contributed by atoms with Gasteiger partial charge < -0.3 is 4.74 Å². The zero-order chi connectivity index (χ0) is 9.68. The van der Waals surface area contributed by atoms with E-state index in [-0.39, 0.29) is 12.4 Å². The number of hydrogen-bond acceptors (Lipinski definition) is 3. The van der Waals surface area contributed by atoms with Crippen LogP contribution in [-0.2, 0) is 4.79 Å². The monoisotopic (exact) mass is 184 g/mol. The van der Waals surface area contributed by atoms with Crippen LogP contribution >= 0.6 is 0 Å². The lowest BCUT2D eigenvalue weighted by molar-refractivity contribution is -0.123. The van der Waals surface area contributed by atoms with E-state index in [1.807, 2.05) is 5.43 Å². The second-order valence-corrected chi connectivity index (χ2v) is 2.29. The lowest BCUT2D eigenvalue weighted by Crippen LogP contribution is -2.34. The Kier molecular flexibility index (Phi) is 3.22. The molecule has 1 rings (SSSR count). The highest BCUT2D eigenvalue weighted by atomic mass is 19.1. The molecule has 0 aliphatic rings. The van der Waals surface area contributed by atoms with Gasteiger partial charge in [-0.2, -0.15) is 0 Å². The molecular weight excluding hydrogens is 175 g/mol. The van der Waals surface area contributed by atoms with Gasteiger partial charge in [-0.3, -0.25) is 10.2 Å². The molecule has 70 valence electrons. The first-order valence-electron chi connectivity index (χ1n) is 3.61. The molecule has 0 saturated carbocycles. The normalized spacial score (nSPS) is 9.38. The Morgan fingerprint density at radius 1 is 1.54 bits per heavy atom. The van der Waals surface area contributed by atoms with Crippen LogP contribution in [0.2, 0.25) is 0 Å². The average molecular weight is 184 g/mol. The van der Waals surface area contributed by atoms with Gasteiger partial charge in [0.15, 0.2) is 18.2 Å². The van der Waals surface area contributed by atoms with Crippen molar-refractivity contribution in [3.8, 4) is 5.75 Å². The van der Waals surface area contributed by atoms with E-state index >= 15 is 0 Å². The van der Waals surface area contributed by atoms with Crippen molar-refractivity contribution < 1.29 is 13.9 Å². The third-order valence-corrected chi connectivity index (χ3v) is 1.36. The van der Waals surface area contributed by atoms with Crippen LogP contribution in [0.5, 0.6) is 5.75 Å². The summed E-state index contributed by atoms with van der Waals surface area (Å²) < 4.78 is 17.7. The number of amides is 1. The van der Waals surface area contributed by atoms with Crippen molar-refractivity contribution in [1.29, 1.82) is 0 Å². The molecule has 0 aliphatic heterocycles. The van der Waals surface area contributed by atoms with Gasteiger partial charge in [0.05, 0.1) is 0 Å². The third-order valence-electron chi connectivity index (χ3n) is 1.36. The standard InChI is InChI=1S/C8H9FN2O2/c9-6-3-1-2-4-7(6)13-5-8(12)11-10/h1-4H,5,10H2,(H,11,12). The SMILES string of the molecule is NNC(=O)COc1ccccc1F. The number of carbonyl (C=O) groups excluding carboxylic acids is 1. The summed E-state index contributed by atoms with van der Waals surface area (Å²) >= 11 is 0. The maximum absolute atomic E-state index is 12.9. The summed E-state index contributed by atoms with van der Waals surface area (Å²) in [6, 6.07) is 5.82. The molecule has 1 amide bonds. The molecule has 3 N–H and O–H groups in total. The van der Waals surface area contributed by atoms with E-state index in [9.17, 15) is 9.18 Å². The molecule has 0 unspecified atom stereocenters. The van der Waals surface area contributed by atoms with Gasteiger partial charge in [0.1, 0.15) is 0 Å². The summed E-state index contributed by atoms with van der Waals surface area (Å²) in [5, 5.41) is 0. The maximum Gasteiger partial charge on any atom is 0.271 e. The van der Waals surface area contributed by atoms with Crippen molar-refractivity contribution in [3.63, 3.8) is 0 Å². The lowest BCUT2D eigenvalue weighted by Gasteiger charge is -2.04. The average Bonchev–Trinajstić information content (AvgIpc) is 2.16. The number of benzene rings is 1. The summed E-state index contributed by atoms with van der Waals surface area (Å²) in [6.07, 6.45) is 0. The Bertz CT molecular complexity index is 304. The fourth-order valence-corrected chi connectivity index (χ4v) is 0.747.